The van der Waals surface area contributed by atoms with Crippen molar-refractivity contribution >= 4 is 32.2 Å². The molecule has 1 fully saturated rings. The predicted octanol–water partition coefficient (Wildman–Crippen LogP) is 4.28. The number of halogens is 1. The minimum absolute atomic E-state index is 0.721. The van der Waals surface area contributed by atoms with E-state index in [4.69, 9.17) is 0 Å². The summed E-state index contributed by atoms with van der Waals surface area (Å²) in [6, 6.07) is 0. The monoisotopic (exact) mass is 312 g/mol. The summed E-state index contributed by atoms with van der Waals surface area (Å²) in [5, 5.41) is 2.09. The molecule has 0 amide bonds. The lowest BCUT2D eigenvalue weighted by atomic mass is 9.95. The number of rotatable bonds is 2. The first-order valence-electron chi connectivity index (χ1n) is 6.36. The highest BCUT2D eigenvalue weighted by Gasteiger charge is 2.19. The molecular weight excluding hydrogens is 296 g/mol. The van der Waals surface area contributed by atoms with E-state index in [0.29, 0.717) is 0 Å². The summed E-state index contributed by atoms with van der Waals surface area (Å²) in [6.45, 7) is 0. The van der Waals surface area contributed by atoms with Crippen LogP contribution in [0.15, 0.2) is 17.8 Å². The van der Waals surface area contributed by atoms with Crippen LogP contribution >= 0.6 is 27.3 Å². The van der Waals surface area contributed by atoms with Crippen LogP contribution in [0.1, 0.15) is 37.8 Å². The molecule has 1 aliphatic rings. The van der Waals surface area contributed by atoms with Crippen LogP contribution in [0.2, 0.25) is 0 Å². The molecule has 0 bridgehead atoms. The average molecular weight is 313 g/mol. The number of imidazole rings is 1. The van der Waals surface area contributed by atoms with Gasteiger partial charge in [0.15, 0.2) is 4.96 Å². The third kappa shape index (κ3) is 2.74. The van der Waals surface area contributed by atoms with Gasteiger partial charge < -0.3 is 0 Å². The highest BCUT2D eigenvalue weighted by molar-refractivity contribution is 9.09. The molecule has 0 aromatic carbocycles. The van der Waals surface area contributed by atoms with E-state index in [1.54, 1.807) is 11.3 Å². The molecule has 4 heteroatoms. The van der Waals surface area contributed by atoms with Crippen LogP contribution in [0.3, 0.4) is 0 Å². The standard InChI is InChI=1S/C13H17BrN2S/c14-11-4-2-1-3-10(7-11)8-12-9-16-5-6-17-13(16)15-12/h5-6,9-11H,1-4,7-8H2. The Bertz CT molecular complexity index is 462. The molecule has 2 nitrogen and oxygen atoms in total. The smallest absolute Gasteiger partial charge is 0.193 e. The van der Waals surface area contributed by atoms with E-state index in [0.717, 1.165) is 22.1 Å². The molecule has 17 heavy (non-hydrogen) atoms. The third-order valence-electron chi connectivity index (χ3n) is 3.61. The number of alkyl halides is 1. The first-order chi connectivity index (χ1) is 8.31. The van der Waals surface area contributed by atoms with Crippen molar-refractivity contribution < 1.29 is 0 Å². The van der Waals surface area contributed by atoms with Crippen LogP contribution in [-0.2, 0) is 6.42 Å². The predicted molar refractivity (Wildman–Crippen MR) is 76.1 cm³/mol. The average Bonchev–Trinajstić information content (AvgIpc) is 2.78. The molecule has 2 atom stereocenters. The summed E-state index contributed by atoms with van der Waals surface area (Å²) in [5.74, 6) is 0.812. The summed E-state index contributed by atoms with van der Waals surface area (Å²) in [6.07, 6.45) is 12.2. The normalized spacial score (nSPS) is 26.2. The second-order valence-electron chi connectivity index (χ2n) is 5.01. The van der Waals surface area contributed by atoms with E-state index in [1.165, 1.54) is 37.8 Å². The summed E-state index contributed by atoms with van der Waals surface area (Å²) in [4.78, 5) is 6.54. The Kier molecular flexibility index (Phi) is 3.52. The molecule has 0 aliphatic heterocycles. The molecule has 0 spiro atoms. The lowest BCUT2D eigenvalue weighted by molar-refractivity contribution is 0.460. The van der Waals surface area contributed by atoms with Gasteiger partial charge in [-0.3, -0.25) is 4.40 Å². The minimum atomic E-state index is 0.721. The fraction of sp³-hybridized carbons (Fsp3) is 0.615. The van der Waals surface area contributed by atoms with Crippen molar-refractivity contribution in [2.24, 2.45) is 5.92 Å². The Hall–Kier alpha value is -0.350. The Morgan fingerprint density at radius 2 is 2.29 bits per heavy atom. The Labute approximate surface area is 114 Å². The van der Waals surface area contributed by atoms with Gasteiger partial charge in [0, 0.05) is 22.6 Å². The Morgan fingerprint density at radius 3 is 3.18 bits per heavy atom. The van der Waals surface area contributed by atoms with Crippen molar-refractivity contribution in [3.63, 3.8) is 0 Å². The molecule has 0 saturated heterocycles. The van der Waals surface area contributed by atoms with Gasteiger partial charge in [0.1, 0.15) is 0 Å². The van der Waals surface area contributed by atoms with Gasteiger partial charge in [-0.1, -0.05) is 35.2 Å². The lowest BCUT2D eigenvalue weighted by Crippen LogP contribution is -2.08. The van der Waals surface area contributed by atoms with E-state index in [2.05, 4.69) is 43.1 Å². The molecule has 2 unspecified atom stereocenters. The molecule has 3 rings (SSSR count). The maximum atomic E-state index is 4.69. The summed E-state index contributed by atoms with van der Waals surface area (Å²) in [5.41, 5.74) is 1.27. The summed E-state index contributed by atoms with van der Waals surface area (Å²) >= 11 is 5.51. The Morgan fingerprint density at radius 1 is 1.41 bits per heavy atom. The summed E-state index contributed by atoms with van der Waals surface area (Å²) < 4.78 is 2.14. The fourth-order valence-electron chi connectivity index (χ4n) is 2.75. The second-order valence-corrected chi connectivity index (χ2v) is 7.18. The highest BCUT2D eigenvalue weighted by Crippen LogP contribution is 2.30. The van der Waals surface area contributed by atoms with Crippen molar-refractivity contribution in [1.82, 2.24) is 9.38 Å². The van der Waals surface area contributed by atoms with Gasteiger partial charge in [-0.05, 0) is 25.2 Å². The van der Waals surface area contributed by atoms with Gasteiger partial charge in [0.05, 0.1) is 5.69 Å². The van der Waals surface area contributed by atoms with Gasteiger partial charge >= 0.3 is 0 Å². The maximum absolute atomic E-state index is 4.69. The molecule has 0 N–H and O–H groups in total. The fourth-order valence-corrected chi connectivity index (χ4v) is 4.32. The highest BCUT2D eigenvalue weighted by atomic mass is 79.9. The number of fused-ring (bicyclic) bond motifs is 1. The number of hydrogen-bond donors (Lipinski definition) is 0. The largest absolute Gasteiger partial charge is 0.297 e. The lowest BCUT2D eigenvalue weighted by Gasteiger charge is -2.14. The van der Waals surface area contributed by atoms with Crippen LogP contribution in [0.25, 0.3) is 4.96 Å². The number of hydrogen-bond acceptors (Lipinski definition) is 2. The van der Waals surface area contributed by atoms with Gasteiger partial charge in [-0.2, -0.15) is 0 Å². The molecule has 1 aliphatic carbocycles. The van der Waals surface area contributed by atoms with E-state index >= 15 is 0 Å². The second kappa shape index (κ2) is 5.11. The minimum Gasteiger partial charge on any atom is -0.297 e. The number of nitrogens with zero attached hydrogens (tertiary/aromatic N) is 2. The first-order valence-corrected chi connectivity index (χ1v) is 8.16. The van der Waals surface area contributed by atoms with Gasteiger partial charge in [-0.15, -0.1) is 11.3 Å². The SMILES string of the molecule is BrC1CCCCC(Cc2cn3ccsc3n2)C1. The molecule has 2 aromatic rings. The summed E-state index contributed by atoms with van der Waals surface area (Å²) in [7, 11) is 0. The van der Waals surface area contributed by atoms with E-state index in [1.807, 2.05) is 0 Å². The molecule has 0 radical (unpaired) electrons. The van der Waals surface area contributed by atoms with Crippen LogP contribution in [0.4, 0.5) is 0 Å². The quantitative estimate of drug-likeness (QED) is 0.597. The molecule has 2 aromatic heterocycles. The zero-order valence-corrected chi connectivity index (χ0v) is 12.2. The maximum Gasteiger partial charge on any atom is 0.193 e. The van der Waals surface area contributed by atoms with Crippen molar-refractivity contribution in [3.8, 4) is 0 Å². The molecular formula is C13H17BrN2S. The molecule has 1 saturated carbocycles. The van der Waals surface area contributed by atoms with Crippen molar-refractivity contribution in [1.29, 1.82) is 0 Å². The topological polar surface area (TPSA) is 17.3 Å². The third-order valence-corrected chi connectivity index (χ3v) is 5.21. The van der Waals surface area contributed by atoms with Crippen molar-refractivity contribution in [2.75, 3.05) is 0 Å². The van der Waals surface area contributed by atoms with Crippen molar-refractivity contribution in [2.45, 2.75) is 43.4 Å². The van der Waals surface area contributed by atoms with Crippen LogP contribution in [-0.4, -0.2) is 14.2 Å². The first kappa shape index (κ1) is 11.7. The zero-order valence-electron chi connectivity index (χ0n) is 9.81. The van der Waals surface area contributed by atoms with E-state index in [-0.39, 0.29) is 0 Å². The van der Waals surface area contributed by atoms with Crippen LogP contribution in [0, 0.1) is 5.92 Å². The van der Waals surface area contributed by atoms with Crippen LogP contribution < -0.4 is 0 Å². The van der Waals surface area contributed by atoms with Gasteiger partial charge in [0.2, 0.25) is 0 Å². The van der Waals surface area contributed by atoms with E-state index < -0.39 is 0 Å². The van der Waals surface area contributed by atoms with E-state index in [9.17, 15) is 0 Å². The van der Waals surface area contributed by atoms with Gasteiger partial charge in [0.25, 0.3) is 0 Å². The van der Waals surface area contributed by atoms with Crippen molar-refractivity contribution in [3.05, 3.63) is 23.5 Å². The molecule has 2 heterocycles. The van der Waals surface area contributed by atoms with Crippen LogP contribution in [0.5, 0.6) is 0 Å². The number of aromatic nitrogens is 2. The zero-order chi connectivity index (χ0) is 11.7. The van der Waals surface area contributed by atoms with Gasteiger partial charge in [-0.25, -0.2) is 4.98 Å². The number of thiazole rings is 1. The Balaban J connectivity index is 1.71. The molecule has 92 valence electrons.